The number of halogens is 3. The minimum absolute atomic E-state index is 0.0917. The molecular weight excluding hydrogens is 314 g/mol. The summed E-state index contributed by atoms with van der Waals surface area (Å²) in [4.78, 5) is 12.8. The summed E-state index contributed by atoms with van der Waals surface area (Å²) >= 11 is 7.23. The molecule has 5 heteroatoms. The second kappa shape index (κ2) is 5.54. The molecule has 3 aromatic rings. The number of benzene rings is 2. The Morgan fingerprint density at radius 1 is 1.05 bits per heavy atom. The van der Waals surface area contributed by atoms with Crippen LogP contribution in [-0.2, 0) is 6.42 Å². The van der Waals surface area contributed by atoms with Gasteiger partial charge < -0.3 is 0 Å². The summed E-state index contributed by atoms with van der Waals surface area (Å²) in [6.07, 6.45) is 0.0917. The third-order valence-corrected chi connectivity index (χ3v) is 4.63. The van der Waals surface area contributed by atoms with Crippen LogP contribution in [0.4, 0.5) is 8.78 Å². The number of carbonyl (C=O) groups is 1. The highest BCUT2D eigenvalue weighted by atomic mass is 35.5. The van der Waals surface area contributed by atoms with E-state index in [4.69, 9.17) is 11.6 Å². The molecule has 0 aliphatic heterocycles. The molecule has 0 aliphatic rings. The maximum absolute atomic E-state index is 13.2. The summed E-state index contributed by atoms with van der Waals surface area (Å²) < 4.78 is 27.0. The third kappa shape index (κ3) is 2.96. The number of thiophene rings is 1. The molecule has 1 heterocycles. The largest absolute Gasteiger partial charge is 0.293 e. The van der Waals surface area contributed by atoms with Crippen molar-refractivity contribution in [3.8, 4) is 0 Å². The predicted molar refractivity (Wildman–Crippen MR) is 81.2 cm³/mol. The van der Waals surface area contributed by atoms with Crippen LogP contribution in [0.1, 0.15) is 15.2 Å². The molecule has 2 aromatic carbocycles. The number of rotatable bonds is 3. The molecule has 0 spiro atoms. The molecule has 3 rings (SSSR count). The second-order valence-corrected chi connectivity index (χ2v) is 6.12. The van der Waals surface area contributed by atoms with Crippen molar-refractivity contribution in [1.29, 1.82) is 0 Å². The van der Waals surface area contributed by atoms with E-state index in [1.165, 1.54) is 41.7 Å². The summed E-state index contributed by atoms with van der Waals surface area (Å²) in [6.45, 7) is 0. The van der Waals surface area contributed by atoms with E-state index in [2.05, 4.69) is 0 Å². The highest BCUT2D eigenvalue weighted by Gasteiger charge is 2.13. The molecule has 0 N–H and O–H groups in total. The molecule has 0 aliphatic carbocycles. The zero-order valence-corrected chi connectivity index (χ0v) is 12.3. The first-order chi connectivity index (χ1) is 10.0. The van der Waals surface area contributed by atoms with Crippen LogP contribution in [0.3, 0.4) is 0 Å². The van der Waals surface area contributed by atoms with E-state index >= 15 is 0 Å². The summed E-state index contributed by atoms with van der Waals surface area (Å²) in [5, 5.41) is 0.934. The standard InChI is InChI=1S/C16H9ClF2OS/c17-13-8-12(19)2-1-9(13)6-14(20)16-7-10-5-11(18)3-4-15(10)21-16/h1-5,7-8H,6H2. The zero-order valence-electron chi connectivity index (χ0n) is 10.7. The van der Waals surface area contributed by atoms with E-state index in [0.29, 0.717) is 15.8 Å². The number of Topliss-reactive ketones (excluding diaryl/α,β-unsaturated/α-hetero) is 1. The predicted octanol–water partition coefficient (Wildman–Crippen LogP) is 5.26. The third-order valence-electron chi connectivity index (χ3n) is 3.12. The summed E-state index contributed by atoms with van der Waals surface area (Å²) in [5.74, 6) is -0.889. The van der Waals surface area contributed by atoms with Gasteiger partial charge in [0.15, 0.2) is 5.78 Å². The Morgan fingerprint density at radius 2 is 1.76 bits per heavy atom. The van der Waals surface area contributed by atoms with E-state index in [9.17, 15) is 13.6 Å². The van der Waals surface area contributed by atoms with Crippen LogP contribution >= 0.6 is 22.9 Å². The maximum atomic E-state index is 13.2. The molecule has 0 saturated heterocycles. The van der Waals surface area contributed by atoms with Gasteiger partial charge in [0.05, 0.1) is 4.88 Å². The van der Waals surface area contributed by atoms with Crippen LogP contribution in [-0.4, -0.2) is 5.78 Å². The lowest BCUT2D eigenvalue weighted by atomic mass is 10.1. The normalized spacial score (nSPS) is 11.0. The summed E-state index contributed by atoms with van der Waals surface area (Å²) in [7, 11) is 0. The Hall–Kier alpha value is -1.78. The average molecular weight is 323 g/mol. The van der Waals surface area contributed by atoms with E-state index in [-0.39, 0.29) is 23.0 Å². The molecule has 0 radical (unpaired) electrons. The number of carbonyl (C=O) groups excluding carboxylic acids is 1. The Balaban J connectivity index is 1.89. The Kier molecular flexibility index (Phi) is 3.74. The summed E-state index contributed by atoms with van der Waals surface area (Å²) in [6, 6.07) is 10.0. The van der Waals surface area contributed by atoms with E-state index in [1.54, 1.807) is 12.1 Å². The highest BCUT2D eigenvalue weighted by Crippen LogP contribution is 2.28. The lowest BCUT2D eigenvalue weighted by molar-refractivity contribution is 0.0997. The molecule has 0 bridgehead atoms. The van der Waals surface area contributed by atoms with Crippen molar-refractivity contribution in [3.63, 3.8) is 0 Å². The van der Waals surface area contributed by atoms with E-state index in [1.807, 2.05) is 0 Å². The van der Waals surface area contributed by atoms with E-state index in [0.717, 1.165) is 4.70 Å². The Morgan fingerprint density at radius 3 is 2.52 bits per heavy atom. The molecule has 0 atom stereocenters. The first-order valence-corrected chi connectivity index (χ1v) is 7.38. The number of fused-ring (bicyclic) bond motifs is 1. The SMILES string of the molecule is O=C(Cc1ccc(F)cc1Cl)c1cc2cc(F)ccc2s1. The molecule has 106 valence electrons. The molecule has 0 unspecified atom stereocenters. The molecule has 1 aromatic heterocycles. The van der Waals surface area contributed by atoms with Gasteiger partial charge in [0.25, 0.3) is 0 Å². The van der Waals surface area contributed by atoms with Gasteiger partial charge in [-0.25, -0.2) is 8.78 Å². The van der Waals surface area contributed by atoms with Gasteiger partial charge in [0, 0.05) is 16.1 Å². The van der Waals surface area contributed by atoms with Crippen LogP contribution in [0, 0.1) is 11.6 Å². The topological polar surface area (TPSA) is 17.1 Å². The van der Waals surface area contributed by atoms with Crippen LogP contribution in [0.5, 0.6) is 0 Å². The molecule has 0 amide bonds. The van der Waals surface area contributed by atoms with Gasteiger partial charge in [-0.2, -0.15) is 0 Å². The van der Waals surface area contributed by atoms with Crippen LogP contribution < -0.4 is 0 Å². The van der Waals surface area contributed by atoms with Crippen LogP contribution in [0.2, 0.25) is 5.02 Å². The molecular formula is C16H9ClF2OS. The lowest BCUT2D eigenvalue weighted by Crippen LogP contribution is -2.01. The number of ketones is 1. The van der Waals surface area contributed by atoms with Crippen molar-refractivity contribution in [1.82, 2.24) is 0 Å². The molecule has 0 fully saturated rings. The van der Waals surface area contributed by atoms with Gasteiger partial charge in [-0.1, -0.05) is 17.7 Å². The molecule has 21 heavy (non-hydrogen) atoms. The molecule has 1 nitrogen and oxygen atoms in total. The number of hydrogen-bond donors (Lipinski definition) is 0. The van der Waals surface area contributed by atoms with Crippen molar-refractivity contribution in [2.45, 2.75) is 6.42 Å². The van der Waals surface area contributed by atoms with Crippen molar-refractivity contribution in [3.05, 3.63) is 69.6 Å². The van der Waals surface area contributed by atoms with Crippen molar-refractivity contribution < 1.29 is 13.6 Å². The Bertz CT molecular complexity index is 841. The maximum Gasteiger partial charge on any atom is 0.177 e. The molecule has 0 saturated carbocycles. The average Bonchev–Trinajstić information content (AvgIpc) is 2.85. The zero-order chi connectivity index (χ0) is 15.0. The van der Waals surface area contributed by atoms with Crippen molar-refractivity contribution >= 4 is 38.8 Å². The second-order valence-electron chi connectivity index (χ2n) is 4.63. The highest BCUT2D eigenvalue weighted by molar-refractivity contribution is 7.20. The minimum Gasteiger partial charge on any atom is -0.293 e. The fourth-order valence-electron chi connectivity index (χ4n) is 2.08. The fraction of sp³-hybridized carbons (Fsp3) is 0.0625. The monoisotopic (exact) mass is 322 g/mol. The smallest absolute Gasteiger partial charge is 0.177 e. The number of hydrogen-bond acceptors (Lipinski definition) is 2. The minimum atomic E-state index is -0.437. The quantitative estimate of drug-likeness (QED) is 0.601. The van der Waals surface area contributed by atoms with Crippen molar-refractivity contribution in [2.24, 2.45) is 0 Å². The van der Waals surface area contributed by atoms with Gasteiger partial charge in [0.2, 0.25) is 0 Å². The van der Waals surface area contributed by atoms with Crippen LogP contribution in [0.15, 0.2) is 42.5 Å². The Labute approximate surface area is 128 Å². The van der Waals surface area contributed by atoms with Gasteiger partial charge >= 0.3 is 0 Å². The first-order valence-electron chi connectivity index (χ1n) is 6.19. The van der Waals surface area contributed by atoms with Crippen LogP contribution in [0.25, 0.3) is 10.1 Å². The van der Waals surface area contributed by atoms with Crippen molar-refractivity contribution in [2.75, 3.05) is 0 Å². The van der Waals surface area contributed by atoms with E-state index < -0.39 is 5.82 Å². The van der Waals surface area contributed by atoms with Gasteiger partial charge in [-0.3, -0.25) is 4.79 Å². The van der Waals surface area contributed by atoms with Gasteiger partial charge in [-0.05, 0) is 47.3 Å². The fourth-order valence-corrected chi connectivity index (χ4v) is 3.29. The summed E-state index contributed by atoms with van der Waals surface area (Å²) in [5.41, 5.74) is 0.576. The lowest BCUT2D eigenvalue weighted by Gasteiger charge is -2.02. The van der Waals surface area contributed by atoms with Gasteiger partial charge in [0.1, 0.15) is 11.6 Å². The first kappa shape index (κ1) is 14.2. The van der Waals surface area contributed by atoms with Gasteiger partial charge in [-0.15, -0.1) is 11.3 Å².